The molecule has 0 saturated carbocycles. The summed E-state index contributed by atoms with van der Waals surface area (Å²) in [6.07, 6.45) is 9.11. The van der Waals surface area contributed by atoms with Crippen LogP contribution in [0.3, 0.4) is 0 Å². The van der Waals surface area contributed by atoms with Gasteiger partial charge in [0.05, 0.1) is 18.2 Å². The molecule has 2 aromatic rings. The number of nitrogens with zero attached hydrogens (tertiary/aromatic N) is 3. The molecule has 0 spiro atoms. The Balaban J connectivity index is 0.000000161. The van der Waals surface area contributed by atoms with E-state index < -0.39 is 5.97 Å². The van der Waals surface area contributed by atoms with Gasteiger partial charge in [-0.15, -0.1) is 0 Å². The molecule has 4 N–H and O–H groups in total. The lowest BCUT2D eigenvalue weighted by molar-refractivity contribution is -0.134. The minimum Gasteiger partial charge on any atom is -0.481 e. The van der Waals surface area contributed by atoms with Crippen LogP contribution < -0.4 is 5.32 Å². The molecule has 6 saturated heterocycles. The van der Waals surface area contributed by atoms with Gasteiger partial charge in [0.1, 0.15) is 0 Å². The number of carboxylic acid groups (broad SMARTS) is 1. The Hall–Kier alpha value is -2.33. The van der Waals surface area contributed by atoms with Gasteiger partial charge in [0.2, 0.25) is 0 Å². The van der Waals surface area contributed by atoms with Crippen LogP contribution in [-0.2, 0) is 4.79 Å². The second-order valence-corrected chi connectivity index (χ2v) is 13.6. The molecular weight excluding hydrogens is 540 g/mol. The molecule has 8 nitrogen and oxygen atoms in total. The molecule has 2 aromatic carbocycles. The topological polar surface area (TPSA) is 99.5 Å². The van der Waals surface area contributed by atoms with Crippen molar-refractivity contribution < 1.29 is 20.1 Å². The number of aliphatic hydroxyl groups excluding tert-OH is 2. The highest BCUT2D eigenvalue weighted by Gasteiger charge is 2.48. The number of likely N-dealkylation sites (tertiary alicyclic amines) is 1. The van der Waals surface area contributed by atoms with Crippen LogP contribution >= 0.6 is 0 Å². The van der Waals surface area contributed by atoms with Crippen molar-refractivity contribution in [3.63, 3.8) is 0 Å². The van der Waals surface area contributed by atoms with Crippen molar-refractivity contribution in [2.45, 2.75) is 113 Å². The lowest BCUT2D eigenvalue weighted by Crippen LogP contribution is -2.64. The number of aliphatic hydroxyl groups is 2. The number of benzene rings is 2. The molecule has 0 aliphatic carbocycles. The normalized spacial score (nSPS) is 32.7. The predicted molar refractivity (Wildman–Crippen MR) is 168 cm³/mol. The molecule has 6 fully saturated rings. The van der Waals surface area contributed by atoms with Crippen LogP contribution in [0.2, 0.25) is 0 Å². The van der Waals surface area contributed by atoms with Gasteiger partial charge in [0.25, 0.3) is 5.97 Å². The van der Waals surface area contributed by atoms with Gasteiger partial charge in [0.15, 0.2) is 0 Å². The molecule has 6 aliphatic rings. The summed E-state index contributed by atoms with van der Waals surface area (Å²) < 4.78 is 0. The van der Waals surface area contributed by atoms with E-state index in [1.165, 1.54) is 49.9 Å². The fraction of sp³-hybridized carbons (Fsp3) is 0.629. The Morgan fingerprint density at radius 3 is 1.40 bits per heavy atom. The third-order valence-electron chi connectivity index (χ3n) is 10.6. The average Bonchev–Trinajstić information content (AvgIpc) is 3.33. The highest BCUT2D eigenvalue weighted by atomic mass is 16.4. The fourth-order valence-corrected chi connectivity index (χ4v) is 8.82. The molecule has 6 atom stereocenters. The zero-order chi connectivity index (χ0) is 29.9. The molecule has 2 unspecified atom stereocenters. The van der Waals surface area contributed by atoms with E-state index in [1.54, 1.807) is 0 Å². The maximum atomic E-state index is 10.1. The third kappa shape index (κ3) is 7.00. The molecule has 8 heteroatoms. The lowest BCUT2D eigenvalue weighted by atomic mass is 9.90. The van der Waals surface area contributed by atoms with Gasteiger partial charge < -0.3 is 20.6 Å². The Labute approximate surface area is 256 Å². The van der Waals surface area contributed by atoms with Crippen molar-refractivity contribution in [2.75, 3.05) is 26.2 Å². The largest absolute Gasteiger partial charge is 0.481 e. The van der Waals surface area contributed by atoms with Gasteiger partial charge >= 0.3 is 0 Å². The molecule has 0 radical (unpaired) electrons. The summed E-state index contributed by atoms with van der Waals surface area (Å²) in [5, 5.41) is 30.5. The van der Waals surface area contributed by atoms with E-state index in [-0.39, 0.29) is 12.2 Å². The zero-order valence-corrected chi connectivity index (χ0v) is 25.5. The van der Waals surface area contributed by atoms with Crippen LogP contribution in [0.4, 0.5) is 0 Å². The van der Waals surface area contributed by atoms with Crippen LogP contribution in [0.15, 0.2) is 60.7 Å². The average molecular weight is 591 g/mol. The molecular formula is C35H50N4O4. The van der Waals surface area contributed by atoms with E-state index >= 15 is 0 Å². The molecule has 0 amide bonds. The summed E-state index contributed by atoms with van der Waals surface area (Å²) in [6, 6.07) is 26.2. The molecule has 4 bridgehead atoms. The molecule has 6 heterocycles. The summed E-state index contributed by atoms with van der Waals surface area (Å²) in [5.41, 5.74) is 2.77. The number of rotatable bonds is 5. The summed E-state index contributed by atoms with van der Waals surface area (Å²) in [6.45, 7) is 5.70. The van der Waals surface area contributed by atoms with Gasteiger partial charge in [-0.3, -0.25) is 19.5 Å². The first-order valence-corrected chi connectivity index (χ1v) is 16.5. The summed E-state index contributed by atoms with van der Waals surface area (Å²) in [5.74, 6) is -0.833. The first-order chi connectivity index (χ1) is 20.9. The maximum absolute atomic E-state index is 10.1. The van der Waals surface area contributed by atoms with Gasteiger partial charge in [-0.2, -0.15) is 0 Å². The van der Waals surface area contributed by atoms with Crippen LogP contribution in [0, 0.1) is 0 Å². The number of aliphatic carboxylic acids is 1. The van der Waals surface area contributed by atoms with Crippen molar-refractivity contribution in [3.8, 4) is 0 Å². The van der Waals surface area contributed by atoms with Gasteiger partial charge in [-0.25, -0.2) is 0 Å². The van der Waals surface area contributed by atoms with E-state index in [4.69, 9.17) is 9.90 Å². The van der Waals surface area contributed by atoms with Crippen molar-refractivity contribution in [1.29, 1.82) is 0 Å². The molecule has 0 aromatic heterocycles. The smallest absolute Gasteiger partial charge is 0.300 e. The number of fused-ring (bicyclic) bond motifs is 4. The van der Waals surface area contributed by atoms with Gasteiger partial charge in [0, 0.05) is 69.4 Å². The Kier molecular flexibility index (Phi) is 9.82. The number of piperidine rings is 2. The predicted octanol–water partition coefficient (Wildman–Crippen LogP) is 3.48. The van der Waals surface area contributed by atoms with Crippen LogP contribution in [0.25, 0.3) is 0 Å². The van der Waals surface area contributed by atoms with E-state index in [0.717, 1.165) is 51.7 Å². The van der Waals surface area contributed by atoms with Crippen molar-refractivity contribution in [2.24, 2.45) is 0 Å². The first kappa shape index (κ1) is 30.7. The van der Waals surface area contributed by atoms with Crippen molar-refractivity contribution in [3.05, 3.63) is 71.8 Å². The number of hydrogen-bond acceptors (Lipinski definition) is 7. The second-order valence-electron chi connectivity index (χ2n) is 13.6. The Bertz CT molecular complexity index is 1100. The molecule has 234 valence electrons. The zero-order valence-electron chi connectivity index (χ0n) is 25.5. The Morgan fingerprint density at radius 1 is 0.674 bits per heavy atom. The lowest BCUT2D eigenvalue weighted by Gasteiger charge is -2.53. The van der Waals surface area contributed by atoms with Crippen molar-refractivity contribution >= 4 is 5.97 Å². The quantitative estimate of drug-likeness (QED) is 0.420. The molecule has 6 aliphatic heterocycles. The second kappa shape index (κ2) is 13.8. The maximum Gasteiger partial charge on any atom is 0.300 e. The van der Waals surface area contributed by atoms with E-state index in [2.05, 4.69) is 80.7 Å². The molecule has 8 rings (SSSR count). The standard InChI is InChI=1S/C23H28N2O.C10H18N2O.C2H4O2/c26-22-13-19-11-12-20(14-22)25(19)21-15-24(16-21)23(17-7-3-1-4-8-17)18-9-5-2-6-10-18;13-10-3-7-1-2-8(4-10)12(7)9-5-11-6-9;1-2(3)4/h1-10,19-23,26H,11-16H2;7-11,13H,1-6H2;1H3,(H,3,4)/t19-,20+,22?;7-,8+,10?;. The van der Waals surface area contributed by atoms with E-state index in [1.807, 2.05) is 0 Å². The molecule has 43 heavy (non-hydrogen) atoms. The minimum absolute atomic E-state index is 0.0122. The van der Waals surface area contributed by atoms with E-state index in [0.29, 0.717) is 36.3 Å². The van der Waals surface area contributed by atoms with Crippen LogP contribution in [0.5, 0.6) is 0 Å². The fourth-order valence-electron chi connectivity index (χ4n) is 8.82. The summed E-state index contributed by atoms with van der Waals surface area (Å²) >= 11 is 0. The number of nitrogens with one attached hydrogen (secondary N) is 1. The summed E-state index contributed by atoms with van der Waals surface area (Å²) in [4.78, 5) is 17.1. The van der Waals surface area contributed by atoms with Gasteiger partial charge in [-0.1, -0.05) is 60.7 Å². The number of carboxylic acids is 1. The number of hydrogen-bond donors (Lipinski definition) is 4. The monoisotopic (exact) mass is 590 g/mol. The highest BCUT2D eigenvalue weighted by molar-refractivity contribution is 5.62. The SMILES string of the molecule is CC(=O)O.OC1C[C@H]2CC[C@@H](C1)N2C1CN(C(c2ccccc2)c2ccccc2)C1.OC1C[C@H]2CC[C@@H](C1)N2C1CNC1. The van der Waals surface area contributed by atoms with E-state index in [9.17, 15) is 10.2 Å². The number of carbonyl (C=O) groups is 1. The first-order valence-electron chi connectivity index (χ1n) is 16.5. The van der Waals surface area contributed by atoms with Gasteiger partial charge in [-0.05, 0) is 62.5 Å². The van der Waals surface area contributed by atoms with Crippen molar-refractivity contribution in [1.82, 2.24) is 20.0 Å². The van der Waals surface area contributed by atoms with Crippen LogP contribution in [0.1, 0.15) is 75.5 Å². The third-order valence-corrected chi connectivity index (χ3v) is 10.6. The van der Waals surface area contributed by atoms with Crippen LogP contribution in [-0.4, -0.2) is 111 Å². The highest BCUT2D eigenvalue weighted by Crippen LogP contribution is 2.42. The Morgan fingerprint density at radius 2 is 1.05 bits per heavy atom. The summed E-state index contributed by atoms with van der Waals surface area (Å²) in [7, 11) is 0. The minimum atomic E-state index is -0.833.